The molecule has 1 saturated heterocycles. The minimum atomic E-state index is -1.07. The average Bonchev–Trinajstić information content (AvgIpc) is 3.15. The zero-order chi connectivity index (χ0) is 21.7. The number of hydrogen-bond acceptors (Lipinski definition) is 7. The molecular weight excluding hydrogens is 386 g/mol. The molecule has 1 aromatic heterocycles. The van der Waals surface area contributed by atoms with Crippen LogP contribution in [0, 0.1) is 22.0 Å². The highest BCUT2D eigenvalue weighted by atomic mass is 16.6. The standard InChI is InChI=1S/C22H27N3O5/c1-14(2)21(30-13-15-8-5-4-6-9-15)17-19(22(26)29-3)24-18(20(17)25(27)28)16-10-7-11-23-12-16/h4-12,14,17-21,24H,13H2,1-3H3/t17-,18+,19+,20+,21+/m1/s1. The molecule has 2 heterocycles. The molecule has 8 nitrogen and oxygen atoms in total. The number of benzene rings is 1. The van der Waals surface area contributed by atoms with E-state index in [4.69, 9.17) is 9.47 Å². The summed E-state index contributed by atoms with van der Waals surface area (Å²) in [5, 5.41) is 15.3. The lowest BCUT2D eigenvalue weighted by Gasteiger charge is -2.31. The van der Waals surface area contributed by atoms with Crippen molar-refractivity contribution in [3.8, 4) is 0 Å². The molecule has 0 aliphatic carbocycles. The second-order valence-corrected chi connectivity index (χ2v) is 7.79. The molecule has 0 unspecified atom stereocenters. The number of rotatable bonds is 8. The van der Waals surface area contributed by atoms with Crippen LogP contribution in [0.3, 0.4) is 0 Å². The van der Waals surface area contributed by atoms with Crippen LogP contribution in [0.1, 0.15) is 31.0 Å². The first-order valence-electron chi connectivity index (χ1n) is 9.96. The number of nitrogens with zero attached hydrogens (tertiary/aromatic N) is 2. The fraction of sp³-hybridized carbons (Fsp3) is 0.455. The molecule has 1 aromatic carbocycles. The number of pyridine rings is 1. The number of hydrogen-bond donors (Lipinski definition) is 1. The lowest BCUT2D eigenvalue weighted by Crippen LogP contribution is -2.47. The van der Waals surface area contributed by atoms with E-state index < -0.39 is 36.1 Å². The highest BCUT2D eigenvalue weighted by Gasteiger charge is 2.58. The van der Waals surface area contributed by atoms with Gasteiger partial charge in [-0.3, -0.25) is 25.2 Å². The Morgan fingerprint density at radius 2 is 1.97 bits per heavy atom. The van der Waals surface area contributed by atoms with Crippen LogP contribution in [0.2, 0.25) is 0 Å². The van der Waals surface area contributed by atoms with Gasteiger partial charge in [0, 0.05) is 17.3 Å². The van der Waals surface area contributed by atoms with Crippen LogP contribution in [0.4, 0.5) is 0 Å². The second-order valence-electron chi connectivity index (χ2n) is 7.79. The van der Waals surface area contributed by atoms with Crippen molar-refractivity contribution in [2.24, 2.45) is 11.8 Å². The second kappa shape index (κ2) is 9.77. The molecule has 1 aliphatic heterocycles. The minimum absolute atomic E-state index is 0.0530. The maximum Gasteiger partial charge on any atom is 0.323 e. The van der Waals surface area contributed by atoms with Crippen molar-refractivity contribution in [3.63, 3.8) is 0 Å². The van der Waals surface area contributed by atoms with E-state index in [2.05, 4.69) is 10.3 Å². The molecule has 0 radical (unpaired) electrons. The molecule has 0 amide bonds. The first-order chi connectivity index (χ1) is 14.4. The van der Waals surface area contributed by atoms with Crippen molar-refractivity contribution in [2.75, 3.05) is 7.11 Å². The van der Waals surface area contributed by atoms with E-state index in [0.29, 0.717) is 12.2 Å². The third-order valence-corrected chi connectivity index (χ3v) is 5.54. The molecule has 30 heavy (non-hydrogen) atoms. The fourth-order valence-corrected chi connectivity index (χ4v) is 4.19. The SMILES string of the molecule is COC(=O)[C@H]1N[C@@H](c2cccnc2)[C@@H]([N+](=O)[O-])[C@@H]1[C@@H](OCc1ccccc1)C(C)C. The molecular formula is C22H27N3O5. The molecule has 1 fully saturated rings. The molecule has 160 valence electrons. The summed E-state index contributed by atoms with van der Waals surface area (Å²) in [6, 6.07) is 10.5. The van der Waals surface area contributed by atoms with Gasteiger partial charge in [0.05, 0.1) is 25.7 Å². The summed E-state index contributed by atoms with van der Waals surface area (Å²) in [6.45, 7) is 4.19. The lowest BCUT2D eigenvalue weighted by atomic mass is 9.82. The quantitative estimate of drug-likeness (QED) is 0.403. The molecule has 5 atom stereocenters. The summed E-state index contributed by atoms with van der Waals surface area (Å²) in [4.78, 5) is 28.5. The number of nitrogens with one attached hydrogen (secondary N) is 1. The number of carbonyl (C=O) groups is 1. The largest absolute Gasteiger partial charge is 0.468 e. The highest BCUT2D eigenvalue weighted by molar-refractivity contribution is 5.77. The van der Waals surface area contributed by atoms with Crippen molar-refractivity contribution in [2.45, 2.75) is 44.7 Å². The Labute approximate surface area is 175 Å². The molecule has 1 aliphatic rings. The predicted molar refractivity (Wildman–Crippen MR) is 110 cm³/mol. The Hall–Kier alpha value is -2.84. The van der Waals surface area contributed by atoms with E-state index in [1.54, 1.807) is 24.5 Å². The van der Waals surface area contributed by atoms with E-state index in [1.165, 1.54) is 7.11 Å². The van der Waals surface area contributed by atoms with Crippen LogP contribution in [0.15, 0.2) is 54.9 Å². The number of carbonyl (C=O) groups excluding carboxylic acids is 1. The Balaban J connectivity index is 1.96. The first-order valence-corrected chi connectivity index (χ1v) is 9.96. The molecule has 2 aromatic rings. The van der Waals surface area contributed by atoms with Crippen LogP contribution in [0.5, 0.6) is 0 Å². The van der Waals surface area contributed by atoms with Crippen LogP contribution >= 0.6 is 0 Å². The monoisotopic (exact) mass is 413 g/mol. The van der Waals surface area contributed by atoms with Gasteiger partial charge in [-0.1, -0.05) is 50.2 Å². The molecule has 0 spiro atoms. The zero-order valence-corrected chi connectivity index (χ0v) is 17.3. The Kier molecular flexibility index (Phi) is 7.12. The molecule has 0 bridgehead atoms. The van der Waals surface area contributed by atoms with E-state index in [9.17, 15) is 14.9 Å². The van der Waals surface area contributed by atoms with Gasteiger partial charge in [-0.2, -0.15) is 0 Å². The van der Waals surface area contributed by atoms with Gasteiger partial charge in [-0.15, -0.1) is 0 Å². The van der Waals surface area contributed by atoms with E-state index in [1.807, 2.05) is 44.2 Å². The topological polar surface area (TPSA) is 104 Å². The van der Waals surface area contributed by atoms with E-state index >= 15 is 0 Å². The normalized spacial score (nSPS) is 24.5. The molecule has 1 N–H and O–H groups in total. The summed E-state index contributed by atoms with van der Waals surface area (Å²) < 4.78 is 11.2. The van der Waals surface area contributed by atoms with Gasteiger partial charge >= 0.3 is 5.97 Å². The molecule has 0 saturated carbocycles. The summed E-state index contributed by atoms with van der Waals surface area (Å²) in [7, 11) is 1.29. The van der Waals surface area contributed by atoms with Gasteiger partial charge in [0.2, 0.25) is 6.04 Å². The van der Waals surface area contributed by atoms with Crippen molar-refractivity contribution < 1.29 is 19.2 Å². The Morgan fingerprint density at radius 3 is 2.53 bits per heavy atom. The third-order valence-electron chi connectivity index (χ3n) is 5.54. The van der Waals surface area contributed by atoms with Crippen LogP contribution in [0.25, 0.3) is 0 Å². The van der Waals surface area contributed by atoms with Crippen molar-refractivity contribution in [1.82, 2.24) is 10.3 Å². The first kappa shape index (κ1) is 21.9. The minimum Gasteiger partial charge on any atom is -0.468 e. The lowest BCUT2D eigenvalue weighted by molar-refractivity contribution is -0.535. The van der Waals surface area contributed by atoms with Gasteiger partial charge in [-0.05, 0) is 23.1 Å². The average molecular weight is 413 g/mol. The number of methoxy groups -OCH3 is 1. The number of aromatic nitrogens is 1. The molecule has 3 rings (SSSR count). The maximum absolute atomic E-state index is 12.6. The van der Waals surface area contributed by atoms with E-state index in [0.717, 1.165) is 5.56 Å². The maximum atomic E-state index is 12.6. The summed E-state index contributed by atoms with van der Waals surface area (Å²) >= 11 is 0. The van der Waals surface area contributed by atoms with Gasteiger partial charge in [0.25, 0.3) is 0 Å². The van der Waals surface area contributed by atoms with Gasteiger partial charge in [-0.25, -0.2) is 0 Å². The smallest absolute Gasteiger partial charge is 0.323 e. The third kappa shape index (κ3) is 4.66. The zero-order valence-electron chi connectivity index (χ0n) is 17.3. The van der Waals surface area contributed by atoms with Crippen LogP contribution in [-0.2, 0) is 20.9 Å². The number of nitro groups is 1. The predicted octanol–water partition coefficient (Wildman–Crippen LogP) is 2.77. The van der Waals surface area contributed by atoms with E-state index in [-0.39, 0.29) is 10.8 Å². The highest BCUT2D eigenvalue weighted by Crippen LogP contribution is 2.39. The fourth-order valence-electron chi connectivity index (χ4n) is 4.19. The van der Waals surface area contributed by atoms with Crippen LogP contribution < -0.4 is 5.32 Å². The Morgan fingerprint density at radius 1 is 1.23 bits per heavy atom. The summed E-state index contributed by atoms with van der Waals surface area (Å²) in [6.07, 6.45) is 2.66. The summed E-state index contributed by atoms with van der Waals surface area (Å²) in [5.74, 6) is -1.30. The van der Waals surface area contributed by atoms with Gasteiger partial charge in [0.15, 0.2) is 0 Å². The van der Waals surface area contributed by atoms with Gasteiger partial charge < -0.3 is 9.47 Å². The number of esters is 1. The number of ether oxygens (including phenoxy) is 2. The summed E-state index contributed by atoms with van der Waals surface area (Å²) in [5.41, 5.74) is 1.62. The Bertz CT molecular complexity index is 846. The van der Waals surface area contributed by atoms with Crippen LogP contribution in [-0.4, -0.2) is 41.2 Å². The molecule has 8 heteroatoms. The van der Waals surface area contributed by atoms with Crippen molar-refractivity contribution in [3.05, 3.63) is 76.1 Å². The van der Waals surface area contributed by atoms with Gasteiger partial charge in [0.1, 0.15) is 12.1 Å². The van der Waals surface area contributed by atoms with Crippen molar-refractivity contribution >= 4 is 5.97 Å². The van der Waals surface area contributed by atoms with Crippen molar-refractivity contribution in [1.29, 1.82) is 0 Å².